The molecule has 1 fully saturated rings. The van der Waals surface area contributed by atoms with E-state index < -0.39 is 5.97 Å². The zero-order valence-electron chi connectivity index (χ0n) is 15.5. The fourth-order valence-electron chi connectivity index (χ4n) is 3.15. The van der Waals surface area contributed by atoms with Gasteiger partial charge in [0.2, 0.25) is 0 Å². The van der Waals surface area contributed by atoms with Gasteiger partial charge in [0.25, 0.3) is 0 Å². The maximum Gasteiger partial charge on any atom is 0.315 e. The van der Waals surface area contributed by atoms with Gasteiger partial charge in [0.05, 0.1) is 0 Å². The van der Waals surface area contributed by atoms with E-state index in [4.69, 9.17) is 5.11 Å². The Hall–Kier alpha value is -1.73. The van der Waals surface area contributed by atoms with Gasteiger partial charge in [0.1, 0.15) is 0 Å². The molecule has 0 radical (unpaired) electrons. The Balaban J connectivity index is 1.91. The Morgan fingerprint density at radius 2 is 2.04 bits per heavy atom. The third-order valence-corrected chi connectivity index (χ3v) is 6.21. The van der Waals surface area contributed by atoms with Gasteiger partial charge in [-0.2, -0.15) is 11.8 Å². The standard InChI is InChI=1S/C19H29N3O3S/c1-22(2)19(10-11-26-14-19)13-20-18(25)21-16(8-9-17(23)24)12-15-6-4-3-5-7-15/h3-7,16H,8-14H2,1-2H3,(H,23,24)(H2,20,21,25). The highest BCUT2D eigenvalue weighted by molar-refractivity contribution is 7.99. The molecule has 2 amide bonds. The molecule has 1 aliphatic rings. The minimum atomic E-state index is -0.847. The summed E-state index contributed by atoms with van der Waals surface area (Å²) in [6.45, 7) is 0.593. The molecule has 0 aromatic heterocycles. The first-order chi connectivity index (χ1) is 12.4. The summed E-state index contributed by atoms with van der Waals surface area (Å²) in [4.78, 5) is 25.5. The second kappa shape index (κ2) is 9.83. The zero-order chi connectivity index (χ0) is 19.0. The molecule has 1 aromatic carbocycles. The van der Waals surface area contributed by atoms with Crippen molar-refractivity contribution in [3.63, 3.8) is 0 Å². The van der Waals surface area contributed by atoms with Crippen molar-refractivity contribution in [3.05, 3.63) is 35.9 Å². The van der Waals surface area contributed by atoms with Gasteiger partial charge in [-0.15, -0.1) is 0 Å². The van der Waals surface area contributed by atoms with Gasteiger partial charge in [0.15, 0.2) is 0 Å². The number of carboxylic acid groups (broad SMARTS) is 1. The van der Waals surface area contributed by atoms with Gasteiger partial charge >= 0.3 is 12.0 Å². The third-order valence-electron chi connectivity index (χ3n) is 4.98. The van der Waals surface area contributed by atoms with Gasteiger partial charge in [0, 0.05) is 30.3 Å². The van der Waals surface area contributed by atoms with Gasteiger partial charge in [-0.25, -0.2) is 4.79 Å². The molecular formula is C19H29N3O3S. The van der Waals surface area contributed by atoms with Crippen LogP contribution in [0.25, 0.3) is 0 Å². The van der Waals surface area contributed by atoms with E-state index >= 15 is 0 Å². The Morgan fingerprint density at radius 3 is 2.62 bits per heavy atom. The second-order valence-electron chi connectivity index (χ2n) is 7.07. The SMILES string of the molecule is CN(C)C1(CNC(=O)NC(CCC(=O)O)Cc2ccccc2)CCSC1. The van der Waals surface area contributed by atoms with Crippen LogP contribution in [0.15, 0.2) is 30.3 Å². The molecule has 0 saturated carbocycles. The molecule has 2 unspecified atom stereocenters. The number of urea groups is 1. The zero-order valence-corrected chi connectivity index (χ0v) is 16.3. The van der Waals surface area contributed by atoms with Crippen molar-refractivity contribution in [1.82, 2.24) is 15.5 Å². The van der Waals surface area contributed by atoms with Crippen molar-refractivity contribution < 1.29 is 14.7 Å². The fourth-order valence-corrected chi connectivity index (χ4v) is 4.70. The average Bonchev–Trinajstić information content (AvgIpc) is 3.09. The monoisotopic (exact) mass is 379 g/mol. The van der Waals surface area contributed by atoms with Crippen LogP contribution < -0.4 is 10.6 Å². The number of hydrogen-bond donors (Lipinski definition) is 3. The lowest BCUT2D eigenvalue weighted by Gasteiger charge is -2.36. The summed E-state index contributed by atoms with van der Waals surface area (Å²) in [5.41, 5.74) is 1.08. The topological polar surface area (TPSA) is 81.7 Å². The molecule has 144 valence electrons. The molecule has 7 heteroatoms. The number of rotatable bonds is 9. The molecule has 2 atom stereocenters. The molecular weight excluding hydrogens is 350 g/mol. The predicted octanol–water partition coefficient (Wildman–Crippen LogP) is 2.20. The maximum absolute atomic E-state index is 12.4. The molecule has 0 aliphatic carbocycles. The predicted molar refractivity (Wildman–Crippen MR) is 106 cm³/mol. The van der Waals surface area contributed by atoms with Gasteiger partial charge in [-0.05, 0) is 44.7 Å². The lowest BCUT2D eigenvalue weighted by atomic mass is 9.97. The van der Waals surface area contributed by atoms with E-state index in [0.717, 1.165) is 23.5 Å². The number of nitrogens with zero attached hydrogens (tertiary/aromatic N) is 1. The lowest BCUT2D eigenvalue weighted by molar-refractivity contribution is -0.137. The van der Waals surface area contributed by atoms with E-state index in [-0.39, 0.29) is 24.0 Å². The highest BCUT2D eigenvalue weighted by Gasteiger charge is 2.36. The quantitative estimate of drug-likeness (QED) is 0.613. The van der Waals surface area contributed by atoms with Crippen LogP contribution in [0.1, 0.15) is 24.8 Å². The highest BCUT2D eigenvalue weighted by Crippen LogP contribution is 2.31. The number of carboxylic acids is 1. The van der Waals surface area contributed by atoms with Gasteiger partial charge in [-0.3, -0.25) is 4.79 Å². The van der Waals surface area contributed by atoms with E-state index in [2.05, 4.69) is 29.6 Å². The summed E-state index contributed by atoms with van der Waals surface area (Å²) in [5, 5.41) is 14.9. The first-order valence-electron chi connectivity index (χ1n) is 8.96. The van der Waals surface area contributed by atoms with Gasteiger partial charge < -0.3 is 20.6 Å². The Labute approximate surface area is 159 Å². The van der Waals surface area contributed by atoms with Crippen LogP contribution in [0.2, 0.25) is 0 Å². The number of likely N-dealkylation sites (N-methyl/N-ethyl adjacent to an activating group) is 1. The number of nitrogens with one attached hydrogen (secondary N) is 2. The van der Waals surface area contributed by atoms with Crippen LogP contribution in [0.5, 0.6) is 0 Å². The number of amides is 2. The smallest absolute Gasteiger partial charge is 0.315 e. The first-order valence-corrected chi connectivity index (χ1v) is 10.1. The summed E-state index contributed by atoms with van der Waals surface area (Å²) in [6, 6.07) is 9.38. The number of hydrogen-bond acceptors (Lipinski definition) is 4. The molecule has 0 bridgehead atoms. The lowest BCUT2D eigenvalue weighted by Crippen LogP contribution is -2.55. The third kappa shape index (κ3) is 6.21. The first kappa shape index (κ1) is 20.6. The van der Waals surface area contributed by atoms with Gasteiger partial charge in [-0.1, -0.05) is 30.3 Å². The van der Waals surface area contributed by atoms with Crippen LogP contribution in [0, 0.1) is 0 Å². The van der Waals surface area contributed by atoms with E-state index in [1.165, 1.54) is 0 Å². The second-order valence-corrected chi connectivity index (χ2v) is 8.17. The number of benzene rings is 1. The molecule has 6 nitrogen and oxygen atoms in total. The molecule has 26 heavy (non-hydrogen) atoms. The Bertz CT molecular complexity index is 589. The van der Waals surface area contributed by atoms with E-state index in [1.807, 2.05) is 42.1 Å². The fraction of sp³-hybridized carbons (Fsp3) is 0.579. The van der Waals surface area contributed by atoms with E-state index in [1.54, 1.807) is 0 Å². The molecule has 2 rings (SSSR count). The maximum atomic E-state index is 12.4. The highest BCUT2D eigenvalue weighted by atomic mass is 32.2. The molecule has 1 saturated heterocycles. The van der Waals surface area contributed by atoms with Crippen molar-refractivity contribution in [2.45, 2.75) is 37.3 Å². The van der Waals surface area contributed by atoms with Crippen molar-refractivity contribution in [2.24, 2.45) is 0 Å². The summed E-state index contributed by atoms with van der Waals surface area (Å²) in [5.74, 6) is 1.27. The number of thioether (sulfide) groups is 1. The summed E-state index contributed by atoms with van der Waals surface area (Å²) >= 11 is 1.91. The minimum Gasteiger partial charge on any atom is -0.481 e. The van der Waals surface area contributed by atoms with Crippen molar-refractivity contribution >= 4 is 23.8 Å². The average molecular weight is 380 g/mol. The van der Waals surface area contributed by atoms with Crippen molar-refractivity contribution in [3.8, 4) is 0 Å². The summed E-state index contributed by atoms with van der Waals surface area (Å²) in [7, 11) is 4.10. The van der Waals surface area contributed by atoms with Crippen LogP contribution in [-0.4, -0.2) is 65.7 Å². The summed E-state index contributed by atoms with van der Waals surface area (Å²) < 4.78 is 0. The Kier molecular flexibility index (Phi) is 7.78. The van der Waals surface area contributed by atoms with Crippen molar-refractivity contribution in [1.29, 1.82) is 0 Å². The van der Waals surface area contributed by atoms with Crippen LogP contribution in [0.3, 0.4) is 0 Å². The summed E-state index contributed by atoms with van der Waals surface area (Å²) in [6.07, 6.45) is 2.12. The van der Waals surface area contributed by atoms with Crippen molar-refractivity contribution in [2.75, 3.05) is 32.1 Å². The number of carbonyl (C=O) groups is 2. The normalized spacial score (nSPS) is 20.7. The van der Waals surface area contributed by atoms with Crippen LogP contribution >= 0.6 is 11.8 Å². The Morgan fingerprint density at radius 1 is 1.31 bits per heavy atom. The molecule has 1 heterocycles. The molecule has 1 aliphatic heterocycles. The molecule has 1 aromatic rings. The van der Waals surface area contributed by atoms with E-state index in [0.29, 0.717) is 19.4 Å². The minimum absolute atomic E-state index is 0.00199. The molecule has 3 N–H and O–H groups in total. The number of aliphatic carboxylic acids is 1. The number of carbonyl (C=O) groups excluding carboxylic acids is 1. The van der Waals surface area contributed by atoms with Crippen LogP contribution in [0.4, 0.5) is 4.79 Å². The molecule has 0 spiro atoms. The largest absolute Gasteiger partial charge is 0.481 e. The van der Waals surface area contributed by atoms with E-state index in [9.17, 15) is 9.59 Å². The van der Waals surface area contributed by atoms with Crippen LogP contribution in [-0.2, 0) is 11.2 Å².